The summed E-state index contributed by atoms with van der Waals surface area (Å²) in [5, 5.41) is 4.02. The molecule has 21 heavy (non-hydrogen) atoms. The van der Waals surface area contributed by atoms with Crippen molar-refractivity contribution < 1.29 is 9.47 Å². The molecule has 0 spiro atoms. The Kier molecular flexibility index (Phi) is 5.10. The molecule has 0 aliphatic carbocycles. The van der Waals surface area contributed by atoms with Gasteiger partial charge in [-0.25, -0.2) is 0 Å². The number of methoxy groups -OCH3 is 2. The second kappa shape index (κ2) is 6.83. The minimum Gasteiger partial charge on any atom is -0.496 e. The number of ether oxygens (including phenoxy) is 2. The minimum atomic E-state index is -0.107. The zero-order valence-corrected chi connectivity index (χ0v) is 13.5. The molecule has 2 rings (SSSR count). The Labute approximate surface area is 130 Å². The molecule has 4 heteroatoms. The summed E-state index contributed by atoms with van der Waals surface area (Å²) in [5.41, 5.74) is 3.06. The highest BCUT2D eigenvalue weighted by atomic mass is 35.5. The molecule has 0 saturated heterocycles. The summed E-state index contributed by atoms with van der Waals surface area (Å²) < 4.78 is 11.0. The molecule has 0 radical (unpaired) electrons. The minimum absolute atomic E-state index is 0.107. The molecule has 1 N–H and O–H groups in total. The van der Waals surface area contributed by atoms with Crippen molar-refractivity contribution >= 4 is 11.6 Å². The molecule has 0 aliphatic heterocycles. The molecule has 2 aromatic carbocycles. The highest BCUT2D eigenvalue weighted by Gasteiger charge is 2.23. The van der Waals surface area contributed by atoms with E-state index in [2.05, 4.69) is 5.32 Å². The molecule has 0 aromatic heterocycles. The van der Waals surface area contributed by atoms with Gasteiger partial charge in [0, 0.05) is 5.02 Å². The fourth-order valence-electron chi connectivity index (χ4n) is 2.49. The van der Waals surface area contributed by atoms with Crippen molar-refractivity contribution in [2.75, 3.05) is 21.3 Å². The molecule has 1 unspecified atom stereocenters. The van der Waals surface area contributed by atoms with Gasteiger partial charge in [0.25, 0.3) is 0 Å². The highest BCUT2D eigenvalue weighted by molar-refractivity contribution is 6.31. The number of nitrogens with one attached hydrogen (secondary N) is 1. The Morgan fingerprint density at radius 2 is 1.67 bits per heavy atom. The Morgan fingerprint density at radius 3 is 2.14 bits per heavy atom. The van der Waals surface area contributed by atoms with Gasteiger partial charge in [-0.05, 0) is 43.3 Å². The predicted octanol–water partition coefficient (Wildman–Crippen LogP) is 3.97. The Hall–Kier alpha value is -1.71. The first kappa shape index (κ1) is 15.7. The highest BCUT2D eigenvalue weighted by Crippen LogP contribution is 2.39. The lowest BCUT2D eigenvalue weighted by Crippen LogP contribution is -2.19. The monoisotopic (exact) mass is 305 g/mol. The van der Waals surface area contributed by atoms with Crippen LogP contribution in [0.4, 0.5) is 0 Å². The maximum absolute atomic E-state index is 6.42. The van der Waals surface area contributed by atoms with Crippen molar-refractivity contribution in [3.8, 4) is 11.5 Å². The van der Waals surface area contributed by atoms with Crippen molar-refractivity contribution in [3.05, 3.63) is 58.1 Å². The van der Waals surface area contributed by atoms with Crippen LogP contribution in [0.25, 0.3) is 0 Å². The van der Waals surface area contributed by atoms with E-state index in [1.807, 2.05) is 50.4 Å². The Balaban J connectivity index is 2.61. The molecule has 1 atom stereocenters. The topological polar surface area (TPSA) is 30.5 Å². The van der Waals surface area contributed by atoms with Crippen LogP contribution in [0.2, 0.25) is 5.02 Å². The van der Waals surface area contributed by atoms with E-state index in [9.17, 15) is 0 Å². The van der Waals surface area contributed by atoms with E-state index < -0.39 is 0 Å². The molecule has 0 fully saturated rings. The number of benzene rings is 2. The van der Waals surface area contributed by atoms with Crippen LogP contribution in [0.15, 0.2) is 36.4 Å². The molecule has 112 valence electrons. The first-order valence-electron chi connectivity index (χ1n) is 6.76. The van der Waals surface area contributed by atoms with Gasteiger partial charge >= 0.3 is 0 Å². The standard InChI is InChI=1S/C17H20ClNO2/c1-11-8-9-12(13(18)10-11)17(19-2)16-14(20-3)6-5-7-15(16)21-4/h5-10,17,19H,1-4H3. The summed E-state index contributed by atoms with van der Waals surface area (Å²) in [6, 6.07) is 11.7. The van der Waals surface area contributed by atoms with E-state index in [0.717, 1.165) is 33.2 Å². The molecular formula is C17H20ClNO2. The number of hydrogen-bond acceptors (Lipinski definition) is 3. The molecule has 0 heterocycles. The van der Waals surface area contributed by atoms with Crippen LogP contribution < -0.4 is 14.8 Å². The molecule has 0 aliphatic rings. The van der Waals surface area contributed by atoms with Crippen LogP contribution in [0.5, 0.6) is 11.5 Å². The van der Waals surface area contributed by atoms with Crippen LogP contribution in [0, 0.1) is 6.92 Å². The molecule has 0 amide bonds. The molecule has 0 bridgehead atoms. The number of hydrogen-bond donors (Lipinski definition) is 1. The summed E-state index contributed by atoms with van der Waals surface area (Å²) in [5.74, 6) is 1.54. The van der Waals surface area contributed by atoms with E-state index in [0.29, 0.717) is 0 Å². The SMILES string of the molecule is CNC(c1ccc(C)cc1Cl)c1c(OC)cccc1OC. The maximum atomic E-state index is 6.42. The van der Waals surface area contributed by atoms with E-state index in [1.165, 1.54) is 0 Å². The van der Waals surface area contributed by atoms with E-state index in [4.69, 9.17) is 21.1 Å². The van der Waals surface area contributed by atoms with E-state index in [-0.39, 0.29) is 6.04 Å². The molecular weight excluding hydrogens is 286 g/mol. The largest absolute Gasteiger partial charge is 0.496 e. The lowest BCUT2D eigenvalue weighted by Gasteiger charge is -2.23. The van der Waals surface area contributed by atoms with Crippen molar-refractivity contribution in [2.24, 2.45) is 0 Å². The molecule has 0 saturated carbocycles. The third kappa shape index (κ3) is 3.14. The van der Waals surface area contributed by atoms with Crippen LogP contribution in [0.1, 0.15) is 22.7 Å². The van der Waals surface area contributed by atoms with Crippen molar-refractivity contribution in [1.82, 2.24) is 5.32 Å². The van der Waals surface area contributed by atoms with Gasteiger partial charge in [-0.15, -0.1) is 0 Å². The van der Waals surface area contributed by atoms with Crippen LogP contribution >= 0.6 is 11.6 Å². The van der Waals surface area contributed by atoms with Gasteiger partial charge < -0.3 is 14.8 Å². The lowest BCUT2D eigenvalue weighted by molar-refractivity contribution is 0.379. The first-order chi connectivity index (χ1) is 10.1. The summed E-state index contributed by atoms with van der Waals surface area (Å²) in [7, 11) is 5.20. The molecule has 3 nitrogen and oxygen atoms in total. The Bertz CT molecular complexity index is 606. The number of aryl methyl sites for hydroxylation is 1. The first-order valence-corrected chi connectivity index (χ1v) is 7.14. The lowest BCUT2D eigenvalue weighted by atomic mass is 9.96. The van der Waals surface area contributed by atoms with Crippen LogP contribution in [-0.4, -0.2) is 21.3 Å². The fraction of sp³-hybridized carbons (Fsp3) is 0.294. The second-order valence-electron chi connectivity index (χ2n) is 4.82. The van der Waals surface area contributed by atoms with Crippen molar-refractivity contribution in [2.45, 2.75) is 13.0 Å². The average Bonchev–Trinajstić information content (AvgIpc) is 2.49. The second-order valence-corrected chi connectivity index (χ2v) is 5.23. The van der Waals surface area contributed by atoms with Gasteiger partial charge in [0.15, 0.2) is 0 Å². The Morgan fingerprint density at radius 1 is 1.05 bits per heavy atom. The zero-order valence-electron chi connectivity index (χ0n) is 12.7. The van der Waals surface area contributed by atoms with Gasteiger partial charge in [-0.3, -0.25) is 0 Å². The predicted molar refractivity (Wildman–Crippen MR) is 86.6 cm³/mol. The van der Waals surface area contributed by atoms with Gasteiger partial charge in [0.05, 0.1) is 25.8 Å². The van der Waals surface area contributed by atoms with Crippen molar-refractivity contribution in [1.29, 1.82) is 0 Å². The van der Waals surface area contributed by atoms with Gasteiger partial charge in [0.2, 0.25) is 0 Å². The maximum Gasteiger partial charge on any atom is 0.127 e. The average molecular weight is 306 g/mol. The third-order valence-corrected chi connectivity index (χ3v) is 3.84. The smallest absolute Gasteiger partial charge is 0.127 e. The van der Waals surface area contributed by atoms with Crippen molar-refractivity contribution in [3.63, 3.8) is 0 Å². The summed E-state index contributed by atoms with van der Waals surface area (Å²) in [4.78, 5) is 0. The summed E-state index contributed by atoms with van der Waals surface area (Å²) >= 11 is 6.42. The fourth-order valence-corrected chi connectivity index (χ4v) is 2.83. The zero-order chi connectivity index (χ0) is 15.4. The normalized spacial score (nSPS) is 12.0. The van der Waals surface area contributed by atoms with Gasteiger partial charge in [0.1, 0.15) is 11.5 Å². The van der Waals surface area contributed by atoms with E-state index >= 15 is 0 Å². The number of rotatable bonds is 5. The quantitative estimate of drug-likeness (QED) is 0.906. The number of halogens is 1. The van der Waals surface area contributed by atoms with E-state index in [1.54, 1.807) is 14.2 Å². The summed E-state index contributed by atoms with van der Waals surface area (Å²) in [6.45, 7) is 2.02. The van der Waals surface area contributed by atoms with Crippen LogP contribution in [-0.2, 0) is 0 Å². The molecule has 2 aromatic rings. The van der Waals surface area contributed by atoms with Gasteiger partial charge in [-0.1, -0.05) is 29.8 Å². The summed E-state index contributed by atoms with van der Waals surface area (Å²) in [6.07, 6.45) is 0. The third-order valence-electron chi connectivity index (χ3n) is 3.51. The van der Waals surface area contributed by atoms with Crippen LogP contribution in [0.3, 0.4) is 0 Å². The van der Waals surface area contributed by atoms with Gasteiger partial charge in [-0.2, -0.15) is 0 Å².